The second kappa shape index (κ2) is 10.9. The standard InChI is InChI=1S/C27H31ClN4O4/c1-35-15-14-30-10-12-31(13-11-30)25(34)17-36-21-5-2-19(3-6-21)27-26-22(8-9-32(27)18-33)23-16-20(28)4-7-24(23)29-26/h2-7,16,18,27,29H,8-15,17H2,1H3. The van der Waals surface area contributed by atoms with Gasteiger partial charge in [0.2, 0.25) is 6.41 Å². The number of H-pyrrole nitrogens is 1. The Morgan fingerprint density at radius 1 is 1.11 bits per heavy atom. The first-order chi connectivity index (χ1) is 17.6. The number of ether oxygens (including phenoxy) is 2. The Morgan fingerprint density at radius 2 is 1.89 bits per heavy atom. The molecule has 1 unspecified atom stereocenters. The van der Waals surface area contributed by atoms with Gasteiger partial charge in [0.15, 0.2) is 6.61 Å². The van der Waals surface area contributed by atoms with E-state index in [0.717, 1.165) is 54.6 Å². The van der Waals surface area contributed by atoms with Gasteiger partial charge in [0.05, 0.1) is 12.6 Å². The number of carbonyl (C=O) groups is 2. The fourth-order valence-corrected chi connectivity index (χ4v) is 5.35. The molecular formula is C27H31ClN4O4. The number of aromatic amines is 1. The van der Waals surface area contributed by atoms with E-state index in [-0.39, 0.29) is 18.6 Å². The minimum absolute atomic E-state index is 0.00810. The quantitative estimate of drug-likeness (QED) is 0.471. The lowest BCUT2D eigenvalue weighted by Gasteiger charge is -2.34. The van der Waals surface area contributed by atoms with Crippen LogP contribution in [0, 0.1) is 0 Å². The Bertz CT molecular complexity index is 1220. The molecule has 0 radical (unpaired) electrons. The number of piperazine rings is 1. The van der Waals surface area contributed by atoms with Crippen molar-refractivity contribution in [1.82, 2.24) is 19.7 Å². The number of benzene rings is 2. The zero-order chi connectivity index (χ0) is 25.1. The van der Waals surface area contributed by atoms with Crippen molar-refractivity contribution in [2.24, 2.45) is 0 Å². The lowest BCUT2D eigenvalue weighted by atomic mass is 9.93. The summed E-state index contributed by atoms with van der Waals surface area (Å²) < 4.78 is 10.9. The summed E-state index contributed by atoms with van der Waals surface area (Å²) in [5, 5.41) is 1.80. The Labute approximate surface area is 215 Å². The summed E-state index contributed by atoms with van der Waals surface area (Å²) in [6, 6.07) is 13.3. The molecule has 0 spiro atoms. The van der Waals surface area contributed by atoms with Crippen molar-refractivity contribution >= 4 is 34.8 Å². The number of hydrogen-bond donors (Lipinski definition) is 1. The maximum atomic E-state index is 12.6. The number of amides is 2. The number of nitrogens with zero attached hydrogens (tertiary/aromatic N) is 3. The van der Waals surface area contributed by atoms with Crippen LogP contribution in [0.4, 0.5) is 0 Å². The van der Waals surface area contributed by atoms with Gasteiger partial charge in [-0.05, 0) is 47.9 Å². The first kappa shape index (κ1) is 24.6. The van der Waals surface area contributed by atoms with Crippen LogP contribution in [-0.4, -0.2) is 91.6 Å². The largest absolute Gasteiger partial charge is 0.484 e. The molecule has 3 heterocycles. The van der Waals surface area contributed by atoms with Crippen LogP contribution in [0.25, 0.3) is 10.9 Å². The number of halogens is 1. The van der Waals surface area contributed by atoms with Gasteiger partial charge in [0.25, 0.3) is 5.91 Å². The molecule has 2 aromatic carbocycles. The molecule has 5 rings (SSSR count). The molecule has 1 N–H and O–H groups in total. The molecule has 1 aromatic heterocycles. The number of methoxy groups -OCH3 is 1. The molecule has 2 aliphatic rings. The fourth-order valence-electron chi connectivity index (χ4n) is 5.17. The predicted molar refractivity (Wildman–Crippen MR) is 138 cm³/mol. The van der Waals surface area contributed by atoms with Gasteiger partial charge < -0.3 is 24.3 Å². The summed E-state index contributed by atoms with van der Waals surface area (Å²) in [4.78, 5) is 34.0. The molecule has 0 aliphatic carbocycles. The van der Waals surface area contributed by atoms with Crippen LogP contribution in [-0.2, 0) is 20.7 Å². The van der Waals surface area contributed by atoms with Gasteiger partial charge in [-0.3, -0.25) is 14.5 Å². The molecule has 2 aliphatic heterocycles. The van der Waals surface area contributed by atoms with Crippen LogP contribution in [0.3, 0.4) is 0 Å². The van der Waals surface area contributed by atoms with E-state index < -0.39 is 0 Å². The molecule has 36 heavy (non-hydrogen) atoms. The van der Waals surface area contributed by atoms with Gasteiger partial charge in [0, 0.05) is 68.0 Å². The Hall–Kier alpha value is -3.07. The van der Waals surface area contributed by atoms with Crippen molar-refractivity contribution < 1.29 is 19.1 Å². The highest BCUT2D eigenvalue weighted by Crippen LogP contribution is 2.38. The van der Waals surface area contributed by atoms with Crippen LogP contribution in [0.5, 0.6) is 5.75 Å². The predicted octanol–water partition coefficient (Wildman–Crippen LogP) is 3.09. The number of carbonyl (C=O) groups excluding carboxylic acids is 2. The average molecular weight is 511 g/mol. The summed E-state index contributed by atoms with van der Waals surface area (Å²) >= 11 is 6.24. The van der Waals surface area contributed by atoms with E-state index in [0.29, 0.717) is 37.0 Å². The van der Waals surface area contributed by atoms with E-state index in [4.69, 9.17) is 21.1 Å². The SMILES string of the molecule is COCCN1CCN(C(=O)COc2ccc(C3c4[nH]c5ccc(Cl)cc5c4CCN3C=O)cc2)CC1. The summed E-state index contributed by atoms with van der Waals surface area (Å²) in [5.74, 6) is 0.620. The van der Waals surface area contributed by atoms with Crippen LogP contribution in [0.1, 0.15) is 22.9 Å². The molecule has 3 aromatic rings. The first-order valence-corrected chi connectivity index (χ1v) is 12.7. The van der Waals surface area contributed by atoms with E-state index in [1.54, 1.807) is 7.11 Å². The van der Waals surface area contributed by atoms with Crippen LogP contribution in [0.15, 0.2) is 42.5 Å². The van der Waals surface area contributed by atoms with E-state index in [1.807, 2.05) is 52.3 Å². The molecule has 2 amide bonds. The normalized spacial score (nSPS) is 18.3. The molecule has 8 nitrogen and oxygen atoms in total. The van der Waals surface area contributed by atoms with Crippen molar-refractivity contribution in [2.75, 3.05) is 59.6 Å². The summed E-state index contributed by atoms with van der Waals surface area (Å²) in [6.07, 6.45) is 1.68. The topological polar surface area (TPSA) is 78.1 Å². The van der Waals surface area contributed by atoms with Gasteiger partial charge in [-0.15, -0.1) is 0 Å². The second-order valence-corrected chi connectivity index (χ2v) is 9.71. The highest BCUT2D eigenvalue weighted by molar-refractivity contribution is 6.31. The van der Waals surface area contributed by atoms with Crippen LogP contribution < -0.4 is 4.74 Å². The molecule has 9 heteroatoms. The lowest BCUT2D eigenvalue weighted by Crippen LogP contribution is -2.50. The number of nitrogens with one attached hydrogen (secondary N) is 1. The zero-order valence-electron chi connectivity index (χ0n) is 20.4. The Balaban J connectivity index is 1.24. The van der Waals surface area contributed by atoms with Gasteiger partial charge in [0.1, 0.15) is 5.75 Å². The minimum atomic E-state index is -0.220. The monoisotopic (exact) mass is 510 g/mol. The second-order valence-electron chi connectivity index (χ2n) is 9.28. The summed E-state index contributed by atoms with van der Waals surface area (Å²) in [6.45, 7) is 5.32. The Morgan fingerprint density at radius 3 is 2.61 bits per heavy atom. The number of hydrogen-bond acceptors (Lipinski definition) is 5. The maximum Gasteiger partial charge on any atom is 0.260 e. The first-order valence-electron chi connectivity index (χ1n) is 12.3. The molecule has 1 saturated heterocycles. The van der Waals surface area contributed by atoms with E-state index in [9.17, 15) is 9.59 Å². The third-order valence-corrected chi connectivity index (χ3v) is 7.39. The molecular weight excluding hydrogens is 480 g/mol. The van der Waals surface area contributed by atoms with Crippen molar-refractivity contribution in [2.45, 2.75) is 12.5 Å². The molecule has 1 atom stereocenters. The van der Waals surface area contributed by atoms with Gasteiger partial charge >= 0.3 is 0 Å². The third kappa shape index (κ3) is 5.07. The third-order valence-electron chi connectivity index (χ3n) is 7.16. The number of rotatable bonds is 8. The van der Waals surface area contributed by atoms with Crippen molar-refractivity contribution in [3.63, 3.8) is 0 Å². The molecule has 1 fully saturated rings. The smallest absolute Gasteiger partial charge is 0.260 e. The fraction of sp³-hybridized carbons (Fsp3) is 0.407. The molecule has 0 bridgehead atoms. The average Bonchev–Trinajstić information content (AvgIpc) is 3.28. The maximum absolute atomic E-state index is 12.6. The van der Waals surface area contributed by atoms with Gasteiger partial charge in [-0.1, -0.05) is 23.7 Å². The molecule has 0 saturated carbocycles. The van der Waals surface area contributed by atoms with Crippen molar-refractivity contribution in [1.29, 1.82) is 0 Å². The zero-order valence-corrected chi connectivity index (χ0v) is 21.2. The summed E-state index contributed by atoms with van der Waals surface area (Å²) in [5.41, 5.74) is 4.20. The van der Waals surface area contributed by atoms with E-state index in [2.05, 4.69) is 9.88 Å². The van der Waals surface area contributed by atoms with Gasteiger partial charge in [-0.25, -0.2) is 0 Å². The van der Waals surface area contributed by atoms with Crippen LogP contribution in [0.2, 0.25) is 5.02 Å². The highest BCUT2D eigenvalue weighted by atomic mass is 35.5. The van der Waals surface area contributed by atoms with E-state index in [1.165, 1.54) is 5.56 Å². The van der Waals surface area contributed by atoms with Crippen molar-refractivity contribution in [3.8, 4) is 5.75 Å². The van der Waals surface area contributed by atoms with Crippen LogP contribution >= 0.6 is 11.6 Å². The number of fused-ring (bicyclic) bond motifs is 3. The lowest BCUT2D eigenvalue weighted by molar-refractivity contribution is -0.135. The molecule has 190 valence electrons. The van der Waals surface area contributed by atoms with Crippen molar-refractivity contribution in [3.05, 3.63) is 64.3 Å². The van der Waals surface area contributed by atoms with Gasteiger partial charge in [-0.2, -0.15) is 0 Å². The highest BCUT2D eigenvalue weighted by Gasteiger charge is 2.31. The summed E-state index contributed by atoms with van der Waals surface area (Å²) in [7, 11) is 1.70. The Kier molecular flexibility index (Phi) is 7.46. The van der Waals surface area contributed by atoms with E-state index >= 15 is 0 Å². The number of aromatic nitrogens is 1. The minimum Gasteiger partial charge on any atom is -0.484 e.